The second kappa shape index (κ2) is 8.57. The number of carbonyl (C=O) groups excluding carboxylic acids is 2. The van der Waals surface area contributed by atoms with Crippen LogP contribution in [0.3, 0.4) is 0 Å². The second-order valence-electron chi connectivity index (χ2n) is 6.23. The van der Waals surface area contributed by atoms with Crippen LogP contribution in [0.25, 0.3) is 11.4 Å². The number of anilines is 1. The molecule has 3 N–H and O–H groups in total. The van der Waals surface area contributed by atoms with Crippen LogP contribution >= 0.6 is 0 Å². The van der Waals surface area contributed by atoms with Gasteiger partial charge in [-0.25, -0.2) is 9.59 Å². The standard InChI is InChI=1S/C19H20N4O6/c1-10-14(18(25)28-8-7-27-3)11(2)20-15(10)17(24)21-13-6-4-5-12(9-13)16-22-19(26)29-23-16/h4-6,9,20H,7-8H2,1-3H3,(H,21,24)(H,22,23,26). The van der Waals surface area contributed by atoms with E-state index in [1.165, 1.54) is 7.11 Å². The topological polar surface area (TPSA) is 139 Å². The molecule has 29 heavy (non-hydrogen) atoms. The maximum atomic E-state index is 12.7. The Balaban J connectivity index is 1.79. The van der Waals surface area contributed by atoms with Crippen molar-refractivity contribution in [1.29, 1.82) is 0 Å². The van der Waals surface area contributed by atoms with Crippen LogP contribution in [0.2, 0.25) is 0 Å². The van der Waals surface area contributed by atoms with Crippen molar-refractivity contribution in [2.45, 2.75) is 13.8 Å². The summed E-state index contributed by atoms with van der Waals surface area (Å²) in [5.74, 6) is -1.37. The number of carbonyl (C=O) groups is 2. The molecule has 0 aliphatic rings. The molecule has 2 heterocycles. The molecule has 0 aliphatic carbocycles. The zero-order chi connectivity index (χ0) is 21.0. The predicted molar refractivity (Wildman–Crippen MR) is 103 cm³/mol. The highest BCUT2D eigenvalue weighted by atomic mass is 16.6. The maximum absolute atomic E-state index is 12.7. The molecule has 2 aromatic heterocycles. The van der Waals surface area contributed by atoms with Gasteiger partial charge in [0.05, 0.1) is 12.2 Å². The molecular weight excluding hydrogens is 380 g/mol. The van der Waals surface area contributed by atoms with Gasteiger partial charge in [-0.1, -0.05) is 17.3 Å². The van der Waals surface area contributed by atoms with Crippen LogP contribution in [0.4, 0.5) is 5.69 Å². The largest absolute Gasteiger partial charge is 0.460 e. The summed E-state index contributed by atoms with van der Waals surface area (Å²) >= 11 is 0. The minimum absolute atomic E-state index is 0.123. The van der Waals surface area contributed by atoms with Crippen molar-refractivity contribution in [2.24, 2.45) is 0 Å². The van der Waals surface area contributed by atoms with Crippen molar-refractivity contribution in [3.8, 4) is 11.4 Å². The van der Waals surface area contributed by atoms with E-state index >= 15 is 0 Å². The molecule has 1 aromatic carbocycles. The second-order valence-corrected chi connectivity index (χ2v) is 6.23. The third kappa shape index (κ3) is 4.43. The molecule has 1 amide bonds. The number of nitrogens with one attached hydrogen (secondary N) is 3. The van der Waals surface area contributed by atoms with Crippen LogP contribution in [0.15, 0.2) is 33.6 Å². The number of amides is 1. The monoisotopic (exact) mass is 400 g/mol. The smallest absolute Gasteiger partial charge is 0.439 e. The van der Waals surface area contributed by atoms with E-state index in [0.717, 1.165) is 0 Å². The number of methoxy groups -OCH3 is 1. The van der Waals surface area contributed by atoms with Crippen molar-refractivity contribution < 1.29 is 23.6 Å². The molecule has 3 rings (SSSR count). The molecule has 152 valence electrons. The number of aromatic amines is 2. The summed E-state index contributed by atoms with van der Waals surface area (Å²) in [4.78, 5) is 41.5. The van der Waals surface area contributed by atoms with Crippen molar-refractivity contribution in [3.05, 3.63) is 57.3 Å². The zero-order valence-electron chi connectivity index (χ0n) is 16.1. The lowest BCUT2D eigenvalue weighted by molar-refractivity contribution is 0.0387. The Kier molecular flexibility index (Phi) is 5.93. The van der Waals surface area contributed by atoms with Gasteiger partial charge in [-0.2, -0.15) is 0 Å². The Hall–Kier alpha value is -3.66. The SMILES string of the molecule is COCCOC(=O)c1c(C)[nH]c(C(=O)Nc2cccc(-c3noc(=O)[nH]3)c2)c1C. The number of ether oxygens (including phenoxy) is 2. The van der Waals surface area contributed by atoms with Gasteiger partial charge < -0.3 is 19.8 Å². The number of hydrogen-bond donors (Lipinski definition) is 3. The number of aryl methyl sites for hydroxylation is 1. The molecule has 0 saturated heterocycles. The van der Waals surface area contributed by atoms with E-state index in [2.05, 4.69) is 25.0 Å². The van der Waals surface area contributed by atoms with E-state index in [-0.39, 0.29) is 24.7 Å². The zero-order valence-corrected chi connectivity index (χ0v) is 16.1. The lowest BCUT2D eigenvalue weighted by Crippen LogP contribution is -2.14. The molecular formula is C19H20N4O6. The van der Waals surface area contributed by atoms with E-state index in [1.54, 1.807) is 38.1 Å². The average molecular weight is 400 g/mol. The molecule has 0 aliphatic heterocycles. The number of rotatable bonds is 7. The van der Waals surface area contributed by atoms with Gasteiger partial charge in [0.1, 0.15) is 12.3 Å². The normalized spacial score (nSPS) is 10.7. The highest BCUT2D eigenvalue weighted by molar-refractivity contribution is 6.07. The Morgan fingerprint density at radius 2 is 2.00 bits per heavy atom. The minimum atomic E-state index is -0.670. The van der Waals surface area contributed by atoms with Crippen LogP contribution in [0, 0.1) is 13.8 Å². The predicted octanol–water partition coefficient (Wildman–Crippen LogP) is 2.03. The quantitative estimate of drug-likeness (QED) is 0.407. The maximum Gasteiger partial charge on any atom is 0.439 e. The third-order valence-corrected chi connectivity index (χ3v) is 4.22. The van der Waals surface area contributed by atoms with E-state index in [0.29, 0.717) is 28.1 Å². The molecule has 0 unspecified atom stereocenters. The van der Waals surface area contributed by atoms with Gasteiger partial charge in [0.25, 0.3) is 5.91 Å². The summed E-state index contributed by atoms with van der Waals surface area (Å²) in [7, 11) is 1.51. The Labute approximate surface area is 165 Å². The average Bonchev–Trinajstić information content (AvgIpc) is 3.25. The summed E-state index contributed by atoms with van der Waals surface area (Å²) in [6, 6.07) is 6.73. The number of benzene rings is 1. The van der Waals surface area contributed by atoms with E-state index in [4.69, 9.17) is 9.47 Å². The number of H-pyrrole nitrogens is 2. The highest BCUT2D eigenvalue weighted by Gasteiger charge is 2.23. The fourth-order valence-corrected chi connectivity index (χ4v) is 2.87. The van der Waals surface area contributed by atoms with Crippen molar-refractivity contribution in [2.75, 3.05) is 25.6 Å². The number of nitrogens with zero attached hydrogens (tertiary/aromatic N) is 1. The fraction of sp³-hybridized carbons (Fsp3) is 0.263. The van der Waals surface area contributed by atoms with Gasteiger partial charge in [-0.05, 0) is 31.5 Å². The van der Waals surface area contributed by atoms with Crippen molar-refractivity contribution in [3.63, 3.8) is 0 Å². The first-order valence-electron chi connectivity index (χ1n) is 8.73. The fourth-order valence-electron chi connectivity index (χ4n) is 2.87. The van der Waals surface area contributed by atoms with Crippen LogP contribution in [0.5, 0.6) is 0 Å². The molecule has 0 atom stereocenters. The Morgan fingerprint density at radius 1 is 1.21 bits per heavy atom. The lowest BCUT2D eigenvalue weighted by Gasteiger charge is -2.07. The molecule has 0 saturated carbocycles. The molecule has 10 heteroatoms. The summed E-state index contributed by atoms with van der Waals surface area (Å²) in [5.41, 5.74) is 2.63. The molecule has 0 spiro atoms. The first kappa shape index (κ1) is 20.1. The summed E-state index contributed by atoms with van der Waals surface area (Å²) in [6.45, 7) is 3.77. The summed E-state index contributed by atoms with van der Waals surface area (Å²) < 4.78 is 14.5. The van der Waals surface area contributed by atoms with Gasteiger partial charge in [-0.15, -0.1) is 0 Å². The number of hydrogen-bond acceptors (Lipinski definition) is 7. The molecule has 0 fully saturated rings. The lowest BCUT2D eigenvalue weighted by atomic mass is 10.1. The van der Waals surface area contributed by atoms with Gasteiger partial charge in [0.2, 0.25) is 0 Å². The van der Waals surface area contributed by atoms with E-state index in [9.17, 15) is 14.4 Å². The van der Waals surface area contributed by atoms with Crippen LogP contribution in [-0.4, -0.2) is 47.3 Å². The molecule has 3 aromatic rings. The van der Waals surface area contributed by atoms with Gasteiger partial charge >= 0.3 is 11.7 Å². The first-order chi connectivity index (χ1) is 13.9. The molecule has 0 radical (unpaired) electrons. The Bertz CT molecular complexity index is 1090. The summed E-state index contributed by atoms with van der Waals surface area (Å²) in [6.07, 6.45) is 0. The van der Waals surface area contributed by atoms with Crippen LogP contribution in [0.1, 0.15) is 32.1 Å². The molecule has 10 nitrogen and oxygen atoms in total. The Morgan fingerprint density at radius 3 is 2.69 bits per heavy atom. The third-order valence-electron chi connectivity index (χ3n) is 4.22. The van der Waals surface area contributed by atoms with Gasteiger partial charge in [0, 0.05) is 24.1 Å². The van der Waals surface area contributed by atoms with Gasteiger partial charge in [-0.3, -0.25) is 14.3 Å². The molecule has 0 bridgehead atoms. The van der Waals surface area contributed by atoms with Crippen LogP contribution < -0.4 is 11.1 Å². The van der Waals surface area contributed by atoms with E-state index in [1.807, 2.05) is 0 Å². The van der Waals surface area contributed by atoms with Crippen molar-refractivity contribution in [1.82, 2.24) is 15.1 Å². The number of aromatic nitrogens is 3. The minimum Gasteiger partial charge on any atom is -0.460 e. The number of esters is 1. The first-order valence-corrected chi connectivity index (χ1v) is 8.73. The van der Waals surface area contributed by atoms with Gasteiger partial charge in [0.15, 0.2) is 5.82 Å². The van der Waals surface area contributed by atoms with Crippen molar-refractivity contribution >= 4 is 17.6 Å². The van der Waals surface area contributed by atoms with E-state index < -0.39 is 17.6 Å². The highest BCUT2D eigenvalue weighted by Crippen LogP contribution is 2.22. The van der Waals surface area contributed by atoms with Crippen LogP contribution in [-0.2, 0) is 9.47 Å². The summed E-state index contributed by atoms with van der Waals surface area (Å²) in [5, 5.41) is 6.38.